The first-order valence-electron chi connectivity index (χ1n) is 2.97. The zero-order valence-electron chi connectivity index (χ0n) is 4.84. The predicted molar refractivity (Wildman–Crippen MR) is 29.1 cm³/mol. The Kier molecular flexibility index (Phi) is 0.997. The lowest BCUT2D eigenvalue weighted by molar-refractivity contribution is -0.0625. The molecule has 2 saturated heterocycles. The van der Waals surface area contributed by atoms with Gasteiger partial charge in [-0.25, -0.2) is 0 Å². The third kappa shape index (κ3) is 0.632. The Labute approximate surface area is 48.8 Å². The first-order chi connectivity index (χ1) is 3.95. The molecule has 0 aliphatic carbocycles. The minimum Gasteiger partial charge on any atom is -0.351 e. The lowest BCUT2D eigenvalue weighted by Crippen LogP contribution is -2.35. The number of nitrogens with zero attached hydrogens (tertiary/aromatic N) is 2. The van der Waals surface area contributed by atoms with Gasteiger partial charge < -0.3 is 4.74 Å². The summed E-state index contributed by atoms with van der Waals surface area (Å²) in [5, 5.41) is 0. The summed E-state index contributed by atoms with van der Waals surface area (Å²) >= 11 is 0. The van der Waals surface area contributed by atoms with Crippen LogP contribution in [0.3, 0.4) is 0 Å². The highest BCUT2D eigenvalue weighted by atomic mass is 16.5. The molecule has 2 heterocycles. The van der Waals surface area contributed by atoms with Crippen LogP contribution in [0.15, 0.2) is 0 Å². The molecule has 2 bridgehead atoms. The van der Waals surface area contributed by atoms with E-state index in [0.717, 1.165) is 20.1 Å². The Morgan fingerprint density at radius 1 is 1.00 bits per heavy atom. The van der Waals surface area contributed by atoms with Crippen molar-refractivity contribution in [2.45, 2.75) is 0 Å². The third-order valence-corrected chi connectivity index (χ3v) is 1.68. The van der Waals surface area contributed by atoms with Gasteiger partial charge in [0, 0.05) is 13.1 Å². The largest absolute Gasteiger partial charge is 0.351 e. The molecule has 0 spiro atoms. The first-order valence-corrected chi connectivity index (χ1v) is 2.97. The molecule has 2 aliphatic heterocycles. The van der Waals surface area contributed by atoms with Crippen molar-refractivity contribution in [1.82, 2.24) is 9.80 Å². The van der Waals surface area contributed by atoms with Crippen LogP contribution >= 0.6 is 0 Å². The zero-order chi connectivity index (χ0) is 5.40. The summed E-state index contributed by atoms with van der Waals surface area (Å²) in [5.74, 6) is 0. The second-order valence-electron chi connectivity index (χ2n) is 2.39. The van der Waals surface area contributed by atoms with Crippen molar-refractivity contribution in [1.29, 1.82) is 0 Å². The van der Waals surface area contributed by atoms with E-state index in [4.69, 9.17) is 4.74 Å². The van der Waals surface area contributed by atoms with E-state index in [1.807, 2.05) is 0 Å². The van der Waals surface area contributed by atoms with Crippen molar-refractivity contribution in [3.8, 4) is 0 Å². The Bertz CT molecular complexity index is 82.4. The van der Waals surface area contributed by atoms with E-state index in [0.29, 0.717) is 0 Å². The van der Waals surface area contributed by atoms with Gasteiger partial charge in [0.25, 0.3) is 0 Å². The lowest BCUT2D eigenvalue weighted by Gasteiger charge is -2.23. The highest BCUT2D eigenvalue weighted by Gasteiger charge is 2.23. The van der Waals surface area contributed by atoms with Gasteiger partial charge in [0.1, 0.15) is 13.5 Å². The van der Waals surface area contributed by atoms with E-state index in [2.05, 4.69) is 9.80 Å². The van der Waals surface area contributed by atoms with Crippen LogP contribution in [-0.4, -0.2) is 43.0 Å². The molecule has 46 valence electrons. The van der Waals surface area contributed by atoms with E-state index < -0.39 is 0 Å². The molecule has 2 atom stereocenters. The molecule has 2 fully saturated rings. The van der Waals surface area contributed by atoms with Crippen LogP contribution in [-0.2, 0) is 4.74 Å². The molecule has 0 aromatic carbocycles. The second kappa shape index (κ2) is 1.69. The van der Waals surface area contributed by atoms with Gasteiger partial charge in [-0.3, -0.25) is 9.80 Å². The molecule has 2 rings (SSSR count). The van der Waals surface area contributed by atoms with Gasteiger partial charge in [-0.2, -0.15) is 0 Å². The Morgan fingerprint density at radius 3 is 2.12 bits per heavy atom. The quantitative estimate of drug-likeness (QED) is 0.422. The minimum atomic E-state index is 0.844. The topological polar surface area (TPSA) is 15.7 Å². The monoisotopic (exact) mass is 114 g/mol. The predicted octanol–water partition coefficient (Wildman–Crippen LogP) is -0.493. The molecule has 0 aromatic rings. The van der Waals surface area contributed by atoms with Crippen LogP contribution in [0.25, 0.3) is 0 Å². The second-order valence-corrected chi connectivity index (χ2v) is 2.39. The average molecular weight is 114 g/mol. The molecule has 0 amide bonds. The third-order valence-electron chi connectivity index (χ3n) is 1.68. The number of hydrogen-bond donors (Lipinski definition) is 0. The molecule has 8 heavy (non-hydrogen) atoms. The highest BCUT2D eigenvalue weighted by molar-refractivity contribution is 4.69. The number of fused-ring (bicyclic) bond motifs is 2. The number of ether oxygens (including phenoxy) is 1. The van der Waals surface area contributed by atoms with Gasteiger partial charge in [-0.15, -0.1) is 0 Å². The molecule has 0 N–H and O–H groups in total. The van der Waals surface area contributed by atoms with Gasteiger partial charge in [0.15, 0.2) is 0 Å². The van der Waals surface area contributed by atoms with Crippen LogP contribution < -0.4 is 0 Å². The van der Waals surface area contributed by atoms with E-state index in [9.17, 15) is 0 Å². The fourth-order valence-electron chi connectivity index (χ4n) is 1.22. The summed E-state index contributed by atoms with van der Waals surface area (Å²) in [4.78, 5) is 4.59. The summed E-state index contributed by atoms with van der Waals surface area (Å²) in [6.45, 7) is 5.20. The first kappa shape index (κ1) is 4.73. The standard InChI is InChI=1S/C5H10N2O/c1-2-7-3-6(1)4-8-5-7/h1-5H2. The van der Waals surface area contributed by atoms with Crippen molar-refractivity contribution < 1.29 is 4.74 Å². The minimum absolute atomic E-state index is 0.844. The van der Waals surface area contributed by atoms with Gasteiger partial charge >= 0.3 is 0 Å². The Morgan fingerprint density at radius 2 is 1.62 bits per heavy atom. The summed E-state index contributed by atoms with van der Waals surface area (Å²) < 4.78 is 5.21. The summed E-state index contributed by atoms with van der Waals surface area (Å²) in [5.41, 5.74) is 0. The van der Waals surface area contributed by atoms with Crippen LogP contribution in [0.2, 0.25) is 0 Å². The lowest BCUT2D eigenvalue weighted by atomic mass is 10.6. The SMILES string of the molecule is C1CN2COCN1C2. The maximum absolute atomic E-state index is 5.21. The van der Waals surface area contributed by atoms with Crippen LogP contribution in [0.5, 0.6) is 0 Å². The molecule has 2 aliphatic rings. The van der Waals surface area contributed by atoms with Crippen molar-refractivity contribution in [3.05, 3.63) is 0 Å². The molecule has 0 saturated carbocycles. The van der Waals surface area contributed by atoms with Gasteiger partial charge in [-0.1, -0.05) is 0 Å². The molecule has 3 nitrogen and oxygen atoms in total. The molecule has 3 heteroatoms. The van der Waals surface area contributed by atoms with Crippen molar-refractivity contribution in [3.63, 3.8) is 0 Å². The van der Waals surface area contributed by atoms with E-state index in [1.54, 1.807) is 0 Å². The van der Waals surface area contributed by atoms with Crippen molar-refractivity contribution in [2.75, 3.05) is 33.2 Å². The molecule has 0 radical (unpaired) electrons. The number of rotatable bonds is 0. The average Bonchev–Trinajstić information content (AvgIpc) is 2.12. The molecule has 0 aromatic heterocycles. The van der Waals surface area contributed by atoms with Gasteiger partial charge in [-0.05, 0) is 0 Å². The van der Waals surface area contributed by atoms with Crippen molar-refractivity contribution in [2.24, 2.45) is 0 Å². The summed E-state index contributed by atoms with van der Waals surface area (Å²) in [7, 11) is 0. The van der Waals surface area contributed by atoms with Crippen LogP contribution in [0, 0.1) is 0 Å². The fourth-order valence-corrected chi connectivity index (χ4v) is 1.22. The van der Waals surface area contributed by atoms with Crippen LogP contribution in [0.1, 0.15) is 0 Å². The summed E-state index contributed by atoms with van der Waals surface area (Å²) in [6, 6.07) is 0. The normalized spacial score (nSPS) is 45.0. The highest BCUT2D eigenvalue weighted by Crippen LogP contribution is 2.08. The van der Waals surface area contributed by atoms with E-state index in [1.165, 1.54) is 13.1 Å². The maximum Gasteiger partial charge on any atom is 0.102 e. The number of hydrogen-bond acceptors (Lipinski definition) is 3. The van der Waals surface area contributed by atoms with E-state index in [-0.39, 0.29) is 0 Å². The Balaban J connectivity index is 2.03. The molecule has 2 unspecified atom stereocenters. The summed E-state index contributed by atoms with van der Waals surface area (Å²) in [6.07, 6.45) is 0. The Hall–Kier alpha value is -0.120. The van der Waals surface area contributed by atoms with Gasteiger partial charge in [0.2, 0.25) is 0 Å². The molecular weight excluding hydrogens is 104 g/mol. The van der Waals surface area contributed by atoms with Crippen LogP contribution in [0.4, 0.5) is 0 Å². The van der Waals surface area contributed by atoms with Gasteiger partial charge in [0.05, 0.1) is 6.67 Å². The zero-order valence-corrected chi connectivity index (χ0v) is 4.84. The van der Waals surface area contributed by atoms with Crippen molar-refractivity contribution >= 4 is 0 Å². The molecular formula is C5H10N2O. The maximum atomic E-state index is 5.21. The smallest absolute Gasteiger partial charge is 0.102 e. The van der Waals surface area contributed by atoms with E-state index >= 15 is 0 Å². The fraction of sp³-hybridized carbons (Fsp3) is 1.00.